The van der Waals surface area contributed by atoms with Crippen LogP contribution in [0.15, 0.2) is 18.3 Å². The van der Waals surface area contributed by atoms with Crippen molar-refractivity contribution < 1.29 is 9.18 Å². The number of hydrogen-bond donors (Lipinski definition) is 1. The van der Waals surface area contributed by atoms with Crippen molar-refractivity contribution in [2.24, 2.45) is 0 Å². The SMILES string of the molecule is O=C(CI)Nc1cc(F)ccn1. The second kappa shape index (κ2) is 4.34. The van der Waals surface area contributed by atoms with Gasteiger partial charge in [-0.25, -0.2) is 9.37 Å². The molecule has 0 aliphatic carbocycles. The number of nitrogens with zero attached hydrogens (tertiary/aromatic N) is 1. The Morgan fingerprint density at radius 2 is 2.50 bits per heavy atom. The van der Waals surface area contributed by atoms with E-state index in [0.29, 0.717) is 4.43 Å². The molecule has 3 nitrogen and oxygen atoms in total. The Balaban J connectivity index is 2.69. The normalized spacial score (nSPS) is 9.50. The highest BCUT2D eigenvalue weighted by Crippen LogP contribution is 2.04. The number of amides is 1. The molecule has 0 aliphatic rings. The van der Waals surface area contributed by atoms with Gasteiger partial charge < -0.3 is 5.32 Å². The molecule has 1 N–H and O–H groups in total. The summed E-state index contributed by atoms with van der Waals surface area (Å²) in [6.07, 6.45) is 1.30. The van der Waals surface area contributed by atoms with Gasteiger partial charge >= 0.3 is 0 Å². The number of carbonyl (C=O) groups is 1. The molecule has 0 unspecified atom stereocenters. The maximum atomic E-state index is 12.5. The lowest BCUT2D eigenvalue weighted by atomic mass is 10.4. The smallest absolute Gasteiger partial charge is 0.235 e. The first-order chi connectivity index (χ1) is 5.72. The Morgan fingerprint density at radius 1 is 1.75 bits per heavy atom. The van der Waals surface area contributed by atoms with Gasteiger partial charge in [-0.3, -0.25) is 4.79 Å². The van der Waals surface area contributed by atoms with Crippen LogP contribution in [-0.4, -0.2) is 15.3 Å². The Hall–Kier alpha value is -0.720. The highest BCUT2D eigenvalue weighted by molar-refractivity contribution is 14.1. The number of carbonyl (C=O) groups excluding carboxylic acids is 1. The largest absolute Gasteiger partial charge is 0.310 e. The van der Waals surface area contributed by atoms with E-state index in [-0.39, 0.29) is 11.7 Å². The van der Waals surface area contributed by atoms with E-state index in [4.69, 9.17) is 0 Å². The van der Waals surface area contributed by atoms with E-state index in [1.54, 1.807) is 0 Å². The van der Waals surface area contributed by atoms with Crippen molar-refractivity contribution in [3.63, 3.8) is 0 Å². The summed E-state index contributed by atoms with van der Waals surface area (Å²) >= 11 is 1.92. The van der Waals surface area contributed by atoms with Gasteiger partial charge in [-0.1, -0.05) is 22.6 Å². The highest BCUT2D eigenvalue weighted by Gasteiger charge is 2.00. The summed E-state index contributed by atoms with van der Waals surface area (Å²) in [6.45, 7) is 0. The van der Waals surface area contributed by atoms with E-state index < -0.39 is 5.82 Å². The zero-order chi connectivity index (χ0) is 8.97. The highest BCUT2D eigenvalue weighted by atomic mass is 127. The number of rotatable bonds is 2. The van der Waals surface area contributed by atoms with Crippen LogP contribution in [0.2, 0.25) is 0 Å². The summed E-state index contributed by atoms with van der Waals surface area (Å²) in [5, 5.41) is 2.43. The number of alkyl halides is 1. The second-order valence-electron chi connectivity index (χ2n) is 2.04. The Bertz CT molecular complexity index is 292. The molecule has 1 aromatic rings. The zero-order valence-electron chi connectivity index (χ0n) is 6.05. The summed E-state index contributed by atoms with van der Waals surface area (Å²) < 4.78 is 12.9. The van der Waals surface area contributed by atoms with Crippen LogP contribution in [0.4, 0.5) is 10.2 Å². The maximum Gasteiger partial charge on any atom is 0.235 e. The van der Waals surface area contributed by atoms with Gasteiger partial charge in [0.25, 0.3) is 0 Å². The number of halogens is 2. The Labute approximate surface area is 82.5 Å². The second-order valence-corrected chi connectivity index (χ2v) is 2.80. The van der Waals surface area contributed by atoms with Crippen LogP contribution in [0.3, 0.4) is 0 Å². The fourth-order valence-corrected chi connectivity index (χ4v) is 0.840. The number of nitrogens with one attached hydrogen (secondary N) is 1. The van der Waals surface area contributed by atoms with Crippen molar-refractivity contribution in [2.75, 3.05) is 9.74 Å². The van der Waals surface area contributed by atoms with E-state index in [1.807, 2.05) is 22.6 Å². The van der Waals surface area contributed by atoms with E-state index in [2.05, 4.69) is 10.3 Å². The van der Waals surface area contributed by atoms with E-state index in [0.717, 1.165) is 0 Å². The third-order valence-corrected chi connectivity index (χ3v) is 1.80. The molecular formula is C7H6FIN2O. The average Bonchev–Trinajstić information content (AvgIpc) is 2.04. The number of aromatic nitrogens is 1. The molecule has 64 valence electrons. The van der Waals surface area contributed by atoms with Gasteiger partial charge in [-0.2, -0.15) is 0 Å². The summed E-state index contributed by atoms with van der Waals surface area (Å²) in [7, 11) is 0. The predicted octanol–water partition coefficient (Wildman–Crippen LogP) is 1.59. The molecule has 5 heteroatoms. The fourth-order valence-electron chi connectivity index (χ4n) is 0.649. The van der Waals surface area contributed by atoms with Gasteiger partial charge in [0.2, 0.25) is 5.91 Å². The van der Waals surface area contributed by atoms with Crippen molar-refractivity contribution in [2.45, 2.75) is 0 Å². The topological polar surface area (TPSA) is 42.0 Å². The van der Waals surface area contributed by atoms with Crippen LogP contribution in [0.25, 0.3) is 0 Å². The molecule has 0 fully saturated rings. The summed E-state index contributed by atoms with van der Waals surface area (Å²) in [4.78, 5) is 14.6. The Kier molecular flexibility index (Phi) is 3.39. The summed E-state index contributed by atoms with van der Waals surface area (Å²) in [6, 6.07) is 2.39. The van der Waals surface area contributed by atoms with Crippen LogP contribution in [-0.2, 0) is 4.79 Å². The first-order valence-electron chi connectivity index (χ1n) is 3.20. The van der Waals surface area contributed by atoms with Gasteiger partial charge in [0.05, 0.1) is 4.43 Å². The van der Waals surface area contributed by atoms with E-state index in [9.17, 15) is 9.18 Å². The molecule has 1 heterocycles. The van der Waals surface area contributed by atoms with Gasteiger partial charge in [-0.05, 0) is 6.07 Å². The first kappa shape index (κ1) is 9.37. The van der Waals surface area contributed by atoms with Crippen LogP contribution in [0.5, 0.6) is 0 Å². The monoisotopic (exact) mass is 280 g/mol. The van der Waals surface area contributed by atoms with E-state index >= 15 is 0 Å². The van der Waals surface area contributed by atoms with Crippen LogP contribution >= 0.6 is 22.6 Å². The number of hydrogen-bond acceptors (Lipinski definition) is 2. The molecule has 0 saturated heterocycles. The van der Waals surface area contributed by atoms with E-state index in [1.165, 1.54) is 18.3 Å². The third kappa shape index (κ3) is 2.72. The molecule has 0 radical (unpaired) electrons. The lowest BCUT2D eigenvalue weighted by molar-refractivity contribution is -0.113. The van der Waals surface area contributed by atoms with Crippen molar-refractivity contribution in [1.82, 2.24) is 4.98 Å². The molecule has 0 atom stereocenters. The van der Waals surface area contributed by atoms with Crippen LogP contribution < -0.4 is 5.32 Å². The molecule has 12 heavy (non-hydrogen) atoms. The minimum Gasteiger partial charge on any atom is -0.310 e. The molecule has 0 spiro atoms. The minimum atomic E-state index is -0.409. The zero-order valence-corrected chi connectivity index (χ0v) is 8.21. The molecule has 0 aromatic carbocycles. The van der Waals surface area contributed by atoms with Crippen LogP contribution in [0, 0.1) is 5.82 Å². The van der Waals surface area contributed by atoms with Crippen molar-refractivity contribution in [3.8, 4) is 0 Å². The first-order valence-corrected chi connectivity index (χ1v) is 4.72. The van der Waals surface area contributed by atoms with Gasteiger partial charge in [-0.15, -0.1) is 0 Å². The van der Waals surface area contributed by atoms with Gasteiger partial charge in [0.1, 0.15) is 11.6 Å². The minimum absolute atomic E-state index is 0.186. The fraction of sp³-hybridized carbons (Fsp3) is 0.143. The lowest BCUT2D eigenvalue weighted by Gasteiger charge is -2.00. The standard InChI is InChI=1S/C7H6FIN2O/c8-5-1-2-10-6(3-5)11-7(12)4-9/h1-3H,4H2,(H,10,11,12). The average molecular weight is 280 g/mol. The quantitative estimate of drug-likeness (QED) is 0.660. The summed E-state index contributed by atoms with van der Waals surface area (Å²) in [5.74, 6) is -0.348. The third-order valence-electron chi connectivity index (χ3n) is 1.11. The molecule has 0 aliphatic heterocycles. The lowest BCUT2D eigenvalue weighted by Crippen LogP contribution is -2.13. The Morgan fingerprint density at radius 3 is 3.08 bits per heavy atom. The molecule has 0 saturated carbocycles. The van der Waals surface area contributed by atoms with Crippen LogP contribution in [0.1, 0.15) is 0 Å². The number of pyridine rings is 1. The molecule has 1 rings (SSSR count). The molecule has 0 bridgehead atoms. The van der Waals surface area contributed by atoms with Gasteiger partial charge in [0, 0.05) is 12.3 Å². The maximum absolute atomic E-state index is 12.5. The van der Waals surface area contributed by atoms with Gasteiger partial charge in [0.15, 0.2) is 0 Å². The molecule has 1 aromatic heterocycles. The molecule has 1 amide bonds. The number of anilines is 1. The van der Waals surface area contributed by atoms with Crippen molar-refractivity contribution in [1.29, 1.82) is 0 Å². The predicted molar refractivity (Wildman–Crippen MR) is 51.7 cm³/mol. The molecular weight excluding hydrogens is 274 g/mol. The summed E-state index contributed by atoms with van der Waals surface area (Å²) in [5.41, 5.74) is 0. The van der Waals surface area contributed by atoms with Crippen molar-refractivity contribution >= 4 is 34.3 Å². The van der Waals surface area contributed by atoms with Crippen molar-refractivity contribution in [3.05, 3.63) is 24.1 Å².